The number of non-ortho nitro benzene ring substituents is 1. The molecule has 1 aliphatic rings. The predicted octanol–water partition coefficient (Wildman–Crippen LogP) is 4.21. The summed E-state index contributed by atoms with van der Waals surface area (Å²) in [7, 11) is 1.30. The number of carbonyl (C=O) groups is 1. The summed E-state index contributed by atoms with van der Waals surface area (Å²) >= 11 is 6.08. The van der Waals surface area contributed by atoms with E-state index in [1.165, 1.54) is 19.2 Å². The Balaban J connectivity index is 2.28. The van der Waals surface area contributed by atoms with Crippen LogP contribution in [0.1, 0.15) is 31.0 Å². The van der Waals surface area contributed by atoms with E-state index in [-0.39, 0.29) is 5.69 Å². The lowest BCUT2D eigenvalue weighted by Crippen LogP contribution is -2.28. The number of nitro groups is 1. The van der Waals surface area contributed by atoms with E-state index in [9.17, 15) is 14.9 Å². The molecule has 0 bridgehead atoms. The number of methoxy groups -OCH3 is 1. The minimum absolute atomic E-state index is 0.0612. The van der Waals surface area contributed by atoms with Gasteiger partial charge in [0.25, 0.3) is 5.69 Å². The Morgan fingerprint density at radius 2 is 1.93 bits per heavy atom. The van der Waals surface area contributed by atoms with E-state index in [1.807, 2.05) is 6.92 Å². The topological polar surface area (TPSA) is 94.4 Å². The number of halogens is 1. The molecule has 0 saturated heterocycles. The lowest BCUT2D eigenvalue weighted by molar-refractivity contribution is -0.384. The average Bonchev–Trinajstić information content (AvgIpc) is 2.67. The fourth-order valence-electron chi connectivity index (χ4n) is 3.42. The van der Waals surface area contributed by atoms with Crippen molar-refractivity contribution in [2.75, 3.05) is 7.11 Å². The summed E-state index contributed by atoms with van der Waals surface area (Å²) < 4.78 is 4.99. The van der Waals surface area contributed by atoms with Crippen LogP contribution in [0.15, 0.2) is 59.4 Å². The van der Waals surface area contributed by atoms with Gasteiger partial charge in [0.1, 0.15) is 5.15 Å². The molecule has 1 N–H and O–H groups in total. The van der Waals surface area contributed by atoms with Gasteiger partial charge in [-0.1, -0.05) is 29.8 Å². The molecule has 0 saturated carbocycles. The van der Waals surface area contributed by atoms with E-state index < -0.39 is 16.8 Å². The average molecular weight is 400 g/mol. The van der Waals surface area contributed by atoms with Gasteiger partial charge in [0.15, 0.2) is 0 Å². The lowest BCUT2D eigenvalue weighted by Gasteiger charge is -2.31. The normalized spacial score (nSPS) is 16.6. The van der Waals surface area contributed by atoms with Crippen molar-refractivity contribution < 1.29 is 14.5 Å². The van der Waals surface area contributed by atoms with Gasteiger partial charge in [0.2, 0.25) is 0 Å². The van der Waals surface area contributed by atoms with E-state index in [0.29, 0.717) is 33.3 Å². The monoisotopic (exact) mass is 399 g/mol. The second-order valence-electron chi connectivity index (χ2n) is 6.32. The zero-order valence-corrected chi connectivity index (χ0v) is 16.3. The maximum absolute atomic E-state index is 12.6. The maximum atomic E-state index is 12.6. The molecule has 1 atom stereocenters. The van der Waals surface area contributed by atoms with Crippen LogP contribution < -0.4 is 5.32 Å². The number of rotatable bonds is 4. The van der Waals surface area contributed by atoms with Gasteiger partial charge in [-0.15, -0.1) is 0 Å². The molecule has 3 rings (SSSR count). The van der Waals surface area contributed by atoms with Crippen molar-refractivity contribution in [3.05, 3.63) is 86.0 Å². The lowest BCUT2D eigenvalue weighted by atomic mass is 9.79. The molecule has 1 aliphatic heterocycles. The fraction of sp³-hybridized carbons (Fsp3) is 0.200. The van der Waals surface area contributed by atoms with Crippen LogP contribution in [0.2, 0.25) is 5.15 Å². The SMILES string of the molecule is COC(=O)C1=C(C)NC(C)=C(c2cccc(Cl)n2)C1c1cccc([N+](=O)[O-])c1. The highest BCUT2D eigenvalue weighted by Gasteiger charge is 2.35. The Bertz CT molecular complexity index is 1030. The highest BCUT2D eigenvalue weighted by Crippen LogP contribution is 2.43. The first kappa shape index (κ1) is 19.6. The molecule has 7 nitrogen and oxygen atoms in total. The number of esters is 1. The molecule has 0 radical (unpaired) electrons. The molecular weight excluding hydrogens is 382 g/mol. The van der Waals surface area contributed by atoms with Gasteiger partial charge in [0.05, 0.1) is 23.3 Å². The van der Waals surface area contributed by atoms with Crippen LogP contribution in [0.4, 0.5) is 5.69 Å². The highest BCUT2D eigenvalue weighted by molar-refractivity contribution is 6.29. The summed E-state index contributed by atoms with van der Waals surface area (Å²) in [4.78, 5) is 27.8. The largest absolute Gasteiger partial charge is 0.466 e. The molecule has 0 aliphatic carbocycles. The first-order chi connectivity index (χ1) is 13.3. The molecule has 2 heterocycles. The second kappa shape index (κ2) is 7.82. The number of aromatic nitrogens is 1. The van der Waals surface area contributed by atoms with Crippen LogP contribution in [0, 0.1) is 10.1 Å². The molecule has 2 aromatic rings. The van der Waals surface area contributed by atoms with Gasteiger partial charge in [-0.05, 0) is 31.5 Å². The standard InChI is InChI=1S/C20H18ClN3O4/c1-11-17(15-8-5-9-16(21)23-15)19(18(12(2)22-11)20(25)28-3)13-6-4-7-14(10-13)24(26)27/h4-10,19,22H,1-3H3. The molecule has 0 amide bonds. The first-order valence-electron chi connectivity index (χ1n) is 8.47. The third kappa shape index (κ3) is 3.61. The zero-order valence-electron chi connectivity index (χ0n) is 15.5. The van der Waals surface area contributed by atoms with Crippen LogP contribution in [0.3, 0.4) is 0 Å². The van der Waals surface area contributed by atoms with Crippen molar-refractivity contribution in [3.8, 4) is 0 Å². The number of nitrogens with zero attached hydrogens (tertiary/aromatic N) is 2. The molecule has 0 spiro atoms. The van der Waals surface area contributed by atoms with Crippen molar-refractivity contribution in [2.45, 2.75) is 19.8 Å². The molecule has 1 aromatic carbocycles. The van der Waals surface area contributed by atoms with Gasteiger partial charge < -0.3 is 10.1 Å². The van der Waals surface area contributed by atoms with Crippen LogP contribution in [0.5, 0.6) is 0 Å². The minimum atomic E-state index is -0.598. The summed E-state index contributed by atoms with van der Waals surface area (Å²) in [6.45, 7) is 3.63. The van der Waals surface area contributed by atoms with E-state index in [4.69, 9.17) is 16.3 Å². The minimum Gasteiger partial charge on any atom is -0.466 e. The first-order valence-corrected chi connectivity index (χ1v) is 8.85. The number of nitro benzene ring substituents is 1. The third-order valence-corrected chi connectivity index (χ3v) is 4.78. The number of allylic oxidation sites excluding steroid dienone is 3. The molecule has 28 heavy (non-hydrogen) atoms. The Kier molecular flexibility index (Phi) is 5.46. The quantitative estimate of drug-likeness (QED) is 0.358. The fourth-order valence-corrected chi connectivity index (χ4v) is 3.59. The number of hydrogen-bond acceptors (Lipinski definition) is 6. The summed E-state index contributed by atoms with van der Waals surface area (Å²) in [6, 6.07) is 11.4. The Hall–Kier alpha value is -3.19. The van der Waals surface area contributed by atoms with Gasteiger partial charge in [-0.3, -0.25) is 10.1 Å². The molecule has 1 aromatic heterocycles. The maximum Gasteiger partial charge on any atom is 0.336 e. The van der Waals surface area contributed by atoms with Gasteiger partial charge in [-0.2, -0.15) is 0 Å². The Labute approximate surface area is 166 Å². The predicted molar refractivity (Wildman–Crippen MR) is 106 cm³/mol. The highest BCUT2D eigenvalue weighted by atomic mass is 35.5. The smallest absolute Gasteiger partial charge is 0.336 e. The van der Waals surface area contributed by atoms with Crippen LogP contribution in [-0.2, 0) is 9.53 Å². The van der Waals surface area contributed by atoms with Gasteiger partial charge in [0, 0.05) is 35.0 Å². The van der Waals surface area contributed by atoms with Crippen molar-refractivity contribution in [2.24, 2.45) is 0 Å². The van der Waals surface area contributed by atoms with Crippen molar-refractivity contribution in [1.29, 1.82) is 0 Å². The second-order valence-corrected chi connectivity index (χ2v) is 6.71. The summed E-state index contributed by atoms with van der Waals surface area (Å²) in [6.07, 6.45) is 0. The van der Waals surface area contributed by atoms with E-state index in [2.05, 4.69) is 10.3 Å². The number of carbonyl (C=O) groups excluding carboxylic acids is 1. The summed E-state index contributed by atoms with van der Waals surface area (Å²) in [5.41, 5.74) is 3.56. The number of ether oxygens (including phenoxy) is 1. The molecule has 144 valence electrons. The van der Waals surface area contributed by atoms with Crippen LogP contribution in [-0.4, -0.2) is 23.0 Å². The number of pyridine rings is 1. The number of benzene rings is 1. The number of nitrogens with one attached hydrogen (secondary N) is 1. The Morgan fingerprint density at radius 3 is 2.57 bits per heavy atom. The summed E-state index contributed by atoms with van der Waals surface area (Å²) in [5.74, 6) is -1.12. The van der Waals surface area contributed by atoms with Crippen molar-refractivity contribution in [3.63, 3.8) is 0 Å². The van der Waals surface area contributed by atoms with Crippen molar-refractivity contribution in [1.82, 2.24) is 10.3 Å². The zero-order chi connectivity index (χ0) is 20.4. The molecule has 1 unspecified atom stereocenters. The van der Waals surface area contributed by atoms with Crippen molar-refractivity contribution >= 4 is 28.8 Å². The van der Waals surface area contributed by atoms with Gasteiger partial charge in [-0.25, -0.2) is 9.78 Å². The third-order valence-electron chi connectivity index (χ3n) is 4.57. The number of hydrogen-bond donors (Lipinski definition) is 1. The molecule has 0 fully saturated rings. The van der Waals surface area contributed by atoms with E-state index >= 15 is 0 Å². The van der Waals surface area contributed by atoms with Crippen LogP contribution >= 0.6 is 11.6 Å². The summed E-state index contributed by atoms with van der Waals surface area (Å²) in [5, 5.41) is 14.8. The van der Waals surface area contributed by atoms with Crippen LogP contribution in [0.25, 0.3) is 5.57 Å². The van der Waals surface area contributed by atoms with E-state index in [0.717, 1.165) is 5.70 Å². The Morgan fingerprint density at radius 1 is 1.21 bits per heavy atom. The van der Waals surface area contributed by atoms with E-state index in [1.54, 1.807) is 37.3 Å². The van der Waals surface area contributed by atoms with Gasteiger partial charge >= 0.3 is 5.97 Å². The molecule has 8 heteroatoms. The molecular formula is C20H18ClN3O4. The number of dihydropyridines is 1.